The zero-order valence-electron chi connectivity index (χ0n) is 12.5. The van der Waals surface area contributed by atoms with Crippen LogP contribution in [0.2, 0.25) is 0 Å². The van der Waals surface area contributed by atoms with Gasteiger partial charge in [0.2, 0.25) is 0 Å². The summed E-state index contributed by atoms with van der Waals surface area (Å²) in [5, 5.41) is 3.58. The molecule has 0 aromatic carbocycles. The van der Waals surface area contributed by atoms with Crippen molar-refractivity contribution < 1.29 is 0 Å². The van der Waals surface area contributed by atoms with Gasteiger partial charge < -0.3 is 10.2 Å². The average Bonchev–Trinajstić information content (AvgIpc) is 2.79. The van der Waals surface area contributed by atoms with E-state index in [2.05, 4.69) is 35.9 Å². The van der Waals surface area contributed by atoms with Crippen LogP contribution in [0.5, 0.6) is 0 Å². The number of nitrogens with one attached hydrogen (secondary N) is 1. The molecule has 2 fully saturated rings. The van der Waals surface area contributed by atoms with Crippen LogP contribution in [-0.4, -0.2) is 61.7 Å². The molecule has 1 unspecified atom stereocenters. The minimum atomic E-state index is 0.578. The van der Waals surface area contributed by atoms with E-state index in [9.17, 15) is 0 Å². The van der Waals surface area contributed by atoms with Gasteiger partial charge >= 0.3 is 0 Å². The molecule has 2 aliphatic heterocycles. The number of nitrogens with zero attached hydrogens (tertiary/aromatic N) is 2. The van der Waals surface area contributed by atoms with Crippen molar-refractivity contribution in [1.29, 1.82) is 0 Å². The first-order valence-electron chi connectivity index (χ1n) is 7.82. The summed E-state index contributed by atoms with van der Waals surface area (Å²) in [6, 6.07) is 0.713. The van der Waals surface area contributed by atoms with Crippen LogP contribution < -0.4 is 5.32 Å². The third-order valence-electron chi connectivity index (χ3n) is 4.81. The van der Waals surface area contributed by atoms with E-state index < -0.39 is 0 Å². The highest BCUT2D eigenvalue weighted by Crippen LogP contribution is 2.32. The first-order valence-corrected chi connectivity index (χ1v) is 7.82. The molecule has 2 heterocycles. The van der Waals surface area contributed by atoms with Gasteiger partial charge in [0.1, 0.15) is 0 Å². The fourth-order valence-electron chi connectivity index (χ4n) is 3.67. The fourth-order valence-corrected chi connectivity index (χ4v) is 3.67. The Kier molecular flexibility index (Phi) is 5.05. The summed E-state index contributed by atoms with van der Waals surface area (Å²) in [5.74, 6) is 0. The van der Waals surface area contributed by atoms with Crippen LogP contribution in [0.1, 0.15) is 40.0 Å². The molecule has 1 N–H and O–H groups in total. The third kappa shape index (κ3) is 3.46. The quantitative estimate of drug-likeness (QED) is 0.806. The first kappa shape index (κ1) is 14.3. The molecule has 2 rings (SSSR count). The van der Waals surface area contributed by atoms with Crippen LogP contribution in [0.4, 0.5) is 0 Å². The molecule has 0 saturated carbocycles. The molecule has 2 saturated heterocycles. The van der Waals surface area contributed by atoms with Gasteiger partial charge in [-0.25, -0.2) is 0 Å². The van der Waals surface area contributed by atoms with Gasteiger partial charge in [-0.15, -0.1) is 0 Å². The standard InChI is InChI=1S/C15H31N3/c1-4-5-15(6-7-16-12-15)13-17-8-10-18(11-9-17)14(2)3/h14,16H,4-13H2,1-3H3. The molecule has 0 aromatic rings. The van der Waals surface area contributed by atoms with Crippen molar-refractivity contribution >= 4 is 0 Å². The van der Waals surface area contributed by atoms with Gasteiger partial charge in [0.15, 0.2) is 0 Å². The van der Waals surface area contributed by atoms with Gasteiger partial charge in [-0.05, 0) is 38.6 Å². The van der Waals surface area contributed by atoms with Crippen molar-refractivity contribution in [2.24, 2.45) is 5.41 Å². The molecule has 106 valence electrons. The third-order valence-corrected chi connectivity index (χ3v) is 4.81. The van der Waals surface area contributed by atoms with E-state index in [-0.39, 0.29) is 0 Å². The lowest BCUT2D eigenvalue weighted by Crippen LogP contribution is -2.51. The van der Waals surface area contributed by atoms with Gasteiger partial charge in [0, 0.05) is 45.3 Å². The Balaban J connectivity index is 1.82. The lowest BCUT2D eigenvalue weighted by atomic mass is 9.82. The number of hydrogen-bond donors (Lipinski definition) is 1. The van der Waals surface area contributed by atoms with Gasteiger partial charge in [0.05, 0.1) is 0 Å². The maximum Gasteiger partial charge on any atom is 0.0113 e. The van der Waals surface area contributed by atoms with Crippen molar-refractivity contribution in [3.8, 4) is 0 Å². The molecule has 2 aliphatic rings. The zero-order chi connectivity index (χ0) is 13.0. The molecule has 18 heavy (non-hydrogen) atoms. The summed E-state index contributed by atoms with van der Waals surface area (Å²) in [7, 11) is 0. The molecule has 1 atom stereocenters. The summed E-state index contributed by atoms with van der Waals surface area (Å²) in [6.45, 7) is 15.8. The van der Waals surface area contributed by atoms with Crippen LogP contribution in [-0.2, 0) is 0 Å². The number of hydrogen-bond acceptors (Lipinski definition) is 3. The van der Waals surface area contributed by atoms with E-state index >= 15 is 0 Å². The van der Waals surface area contributed by atoms with Crippen molar-refractivity contribution in [3.63, 3.8) is 0 Å². The smallest absolute Gasteiger partial charge is 0.0113 e. The molecule has 0 aromatic heterocycles. The van der Waals surface area contributed by atoms with Gasteiger partial charge in [-0.3, -0.25) is 4.90 Å². The monoisotopic (exact) mass is 253 g/mol. The topological polar surface area (TPSA) is 18.5 Å². The van der Waals surface area contributed by atoms with E-state index in [1.807, 2.05) is 0 Å². The highest BCUT2D eigenvalue weighted by molar-refractivity contribution is 4.91. The second-order valence-corrected chi connectivity index (χ2v) is 6.58. The lowest BCUT2D eigenvalue weighted by molar-refractivity contribution is 0.0724. The normalized spacial score (nSPS) is 31.3. The number of piperazine rings is 1. The maximum atomic E-state index is 3.58. The second kappa shape index (κ2) is 6.36. The molecule has 0 spiro atoms. The maximum absolute atomic E-state index is 3.58. The van der Waals surface area contributed by atoms with Gasteiger partial charge in [0.25, 0.3) is 0 Å². The Hall–Kier alpha value is -0.120. The van der Waals surface area contributed by atoms with Crippen molar-refractivity contribution in [2.75, 3.05) is 45.8 Å². The molecular weight excluding hydrogens is 222 g/mol. The van der Waals surface area contributed by atoms with Crippen LogP contribution in [0.25, 0.3) is 0 Å². The Labute approximate surface area is 113 Å². The van der Waals surface area contributed by atoms with Crippen molar-refractivity contribution in [2.45, 2.75) is 46.1 Å². The zero-order valence-corrected chi connectivity index (χ0v) is 12.5. The van der Waals surface area contributed by atoms with E-state index in [1.54, 1.807) is 0 Å². The lowest BCUT2D eigenvalue weighted by Gasteiger charge is -2.41. The van der Waals surface area contributed by atoms with E-state index in [4.69, 9.17) is 0 Å². The summed E-state index contributed by atoms with van der Waals surface area (Å²) in [4.78, 5) is 5.32. The van der Waals surface area contributed by atoms with E-state index in [0.29, 0.717) is 11.5 Å². The summed E-state index contributed by atoms with van der Waals surface area (Å²) in [5.41, 5.74) is 0.578. The van der Waals surface area contributed by atoms with Gasteiger partial charge in [-0.2, -0.15) is 0 Å². The molecule has 0 amide bonds. The van der Waals surface area contributed by atoms with E-state index in [1.165, 1.54) is 65.1 Å². The summed E-state index contributed by atoms with van der Waals surface area (Å²) in [6.07, 6.45) is 4.10. The molecule has 3 heteroatoms. The second-order valence-electron chi connectivity index (χ2n) is 6.58. The Morgan fingerprint density at radius 2 is 1.89 bits per heavy atom. The van der Waals surface area contributed by atoms with Crippen molar-refractivity contribution in [1.82, 2.24) is 15.1 Å². The minimum Gasteiger partial charge on any atom is -0.316 e. The molecule has 0 radical (unpaired) electrons. The highest BCUT2D eigenvalue weighted by atomic mass is 15.3. The van der Waals surface area contributed by atoms with E-state index in [0.717, 1.165) is 0 Å². The Morgan fingerprint density at radius 3 is 2.39 bits per heavy atom. The van der Waals surface area contributed by atoms with Crippen LogP contribution >= 0.6 is 0 Å². The average molecular weight is 253 g/mol. The molecule has 3 nitrogen and oxygen atoms in total. The predicted molar refractivity (Wildman–Crippen MR) is 78.0 cm³/mol. The first-order chi connectivity index (χ1) is 8.65. The highest BCUT2D eigenvalue weighted by Gasteiger charge is 2.35. The Morgan fingerprint density at radius 1 is 1.17 bits per heavy atom. The minimum absolute atomic E-state index is 0.578. The van der Waals surface area contributed by atoms with Gasteiger partial charge in [-0.1, -0.05) is 13.3 Å². The molecule has 0 bridgehead atoms. The largest absolute Gasteiger partial charge is 0.316 e. The summed E-state index contributed by atoms with van der Waals surface area (Å²) < 4.78 is 0. The van der Waals surface area contributed by atoms with Crippen LogP contribution in [0.15, 0.2) is 0 Å². The van der Waals surface area contributed by atoms with Crippen molar-refractivity contribution in [3.05, 3.63) is 0 Å². The van der Waals surface area contributed by atoms with Crippen LogP contribution in [0.3, 0.4) is 0 Å². The Bertz CT molecular complexity index is 238. The molecule has 0 aliphatic carbocycles. The summed E-state index contributed by atoms with van der Waals surface area (Å²) >= 11 is 0. The predicted octanol–water partition coefficient (Wildman–Crippen LogP) is 1.79. The van der Waals surface area contributed by atoms with Crippen LogP contribution in [0, 0.1) is 5.41 Å². The SMILES string of the molecule is CCCC1(CN2CCN(C(C)C)CC2)CCNC1. The number of rotatable bonds is 5. The molecular formula is C15H31N3. The fraction of sp³-hybridized carbons (Fsp3) is 1.00.